The van der Waals surface area contributed by atoms with Gasteiger partial charge >= 0.3 is 0 Å². The van der Waals surface area contributed by atoms with Gasteiger partial charge in [0.1, 0.15) is 0 Å². The van der Waals surface area contributed by atoms with Gasteiger partial charge in [0.2, 0.25) is 0 Å². The zero-order valence-electron chi connectivity index (χ0n) is 9.30. The summed E-state index contributed by atoms with van der Waals surface area (Å²) in [5.41, 5.74) is 0. The number of rotatable bonds is 3. The van der Waals surface area contributed by atoms with E-state index in [1.54, 1.807) is 11.3 Å². The molecule has 1 N–H and O–H groups in total. The maximum Gasteiger partial charge on any atom is 0.0843 e. The standard InChI is InChI=1S/C11H16Br2N2S/c1-15-4-2-8(3-5-15)14-7-9-6-10(12)11(13)16-9/h6,8,14H,2-5,7H2,1H3. The van der Waals surface area contributed by atoms with Crippen molar-refractivity contribution in [1.29, 1.82) is 0 Å². The largest absolute Gasteiger partial charge is 0.309 e. The Labute approximate surface area is 118 Å². The number of hydrogen-bond donors (Lipinski definition) is 1. The van der Waals surface area contributed by atoms with Crippen molar-refractivity contribution in [1.82, 2.24) is 10.2 Å². The zero-order valence-corrected chi connectivity index (χ0v) is 13.3. The Bertz CT molecular complexity index is 326. The second kappa shape index (κ2) is 5.96. The summed E-state index contributed by atoms with van der Waals surface area (Å²) in [5.74, 6) is 0. The topological polar surface area (TPSA) is 15.3 Å². The van der Waals surface area contributed by atoms with Crippen LogP contribution in [0.1, 0.15) is 17.7 Å². The lowest BCUT2D eigenvalue weighted by molar-refractivity contribution is 0.234. The van der Waals surface area contributed by atoms with Crippen LogP contribution in [0.2, 0.25) is 0 Å². The highest BCUT2D eigenvalue weighted by molar-refractivity contribution is 9.13. The average molecular weight is 368 g/mol. The Morgan fingerprint density at radius 2 is 2.12 bits per heavy atom. The molecule has 2 nitrogen and oxygen atoms in total. The van der Waals surface area contributed by atoms with Crippen molar-refractivity contribution in [3.05, 3.63) is 19.2 Å². The van der Waals surface area contributed by atoms with Crippen LogP contribution in [0.4, 0.5) is 0 Å². The maximum absolute atomic E-state index is 3.64. The molecule has 16 heavy (non-hydrogen) atoms. The van der Waals surface area contributed by atoms with Gasteiger partial charge in [-0.2, -0.15) is 0 Å². The molecule has 1 saturated heterocycles. The molecule has 0 spiro atoms. The van der Waals surface area contributed by atoms with Crippen LogP contribution in [0, 0.1) is 0 Å². The first-order chi connectivity index (χ1) is 7.65. The Morgan fingerprint density at radius 1 is 1.44 bits per heavy atom. The van der Waals surface area contributed by atoms with Gasteiger partial charge in [0.05, 0.1) is 3.79 Å². The van der Waals surface area contributed by atoms with Crippen LogP contribution < -0.4 is 5.32 Å². The third kappa shape index (κ3) is 3.53. The maximum atomic E-state index is 3.64. The van der Waals surface area contributed by atoms with Crippen LogP contribution in [0.15, 0.2) is 14.3 Å². The number of nitrogens with zero attached hydrogens (tertiary/aromatic N) is 1. The molecule has 1 aromatic rings. The van der Waals surface area contributed by atoms with Gasteiger partial charge in [0.15, 0.2) is 0 Å². The summed E-state index contributed by atoms with van der Waals surface area (Å²) in [7, 11) is 2.20. The number of halogens is 2. The molecule has 5 heteroatoms. The fourth-order valence-corrected chi connectivity index (χ4v) is 4.06. The molecule has 0 bridgehead atoms. The molecular formula is C11H16Br2N2S. The summed E-state index contributed by atoms with van der Waals surface area (Å²) in [6, 6.07) is 2.88. The van der Waals surface area contributed by atoms with Crippen molar-refractivity contribution < 1.29 is 0 Å². The number of thiophene rings is 1. The predicted octanol–water partition coefficient (Wildman–Crippen LogP) is 3.46. The molecule has 0 aromatic carbocycles. The normalized spacial score (nSPS) is 19.2. The molecule has 0 aliphatic carbocycles. The molecule has 2 rings (SSSR count). The second-order valence-electron chi connectivity index (χ2n) is 4.29. The summed E-state index contributed by atoms with van der Waals surface area (Å²) in [6.45, 7) is 3.42. The van der Waals surface area contributed by atoms with Crippen molar-refractivity contribution >= 4 is 43.2 Å². The van der Waals surface area contributed by atoms with E-state index in [-0.39, 0.29) is 0 Å². The lowest BCUT2D eigenvalue weighted by atomic mass is 10.1. The van der Waals surface area contributed by atoms with Gasteiger partial charge in [-0.1, -0.05) is 0 Å². The summed E-state index contributed by atoms with van der Waals surface area (Å²) >= 11 is 8.85. The third-order valence-corrected chi connectivity index (χ3v) is 6.24. The molecule has 0 atom stereocenters. The van der Waals surface area contributed by atoms with E-state index in [0.717, 1.165) is 11.0 Å². The smallest absolute Gasteiger partial charge is 0.0843 e. The van der Waals surface area contributed by atoms with Crippen molar-refractivity contribution in [3.8, 4) is 0 Å². The first-order valence-corrected chi connectivity index (χ1v) is 7.91. The number of hydrogen-bond acceptors (Lipinski definition) is 3. The van der Waals surface area contributed by atoms with E-state index >= 15 is 0 Å². The van der Waals surface area contributed by atoms with Crippen LogP contribution in [0.3, 0.4) is 0 Å². The summed E-state index contributed by atoms with van der Waals surface area (Å²) in [4.78, 5) is 3.79. The van der Waals surface area contributed by atoms with E-state index in [1.165, 1.54) is 34.6 Å². The minimum absolute atomic E-state index is 0.691. The van der Waals surface area contributed by atoms with E-state index in [4.69, 9.17) is 0 Å². The zero-order chi connectivity index (χ0) is 11.5. The van der Waals surface area contributed by atoms with E-state index in [1.807, 2.05) is 0 Å². The molecule has 1 aliphatic heterocycles. The highest BCUT2D eigenvalue weighted by Gasteiger charge is 2.16. The second-order valence-corrected chi connectivity index (χ2v) is 7.60. The van der Waals surface area contributed by atoms with Crippen molar-refractivity contribution in [2.75, 3.05) is 20.1 Å². The Hall–Kier alpha value is 0.580. The molecule has 0 saturated carbocycles. The van der Waals surface area contributed by atoms with E-state index < -0.39 is 0 Å². The van der Waals surface area contributed by atoms with E-state index in [2.05, 4.69) is 55.2 Å². The van der Waals surface area contributed by atoms with Crippen molar-refractivity contribution in [2.45, 2.75) is 25.4 Å². The predicted molar refractivity (Wildman–Crippen MR) is 77.1 cm³/mol. The van der Waals surface area contributed by atoms with Gasteiger partial charge in [0, 0.05) is 21.9 Å². The number of piperidine rings is 1. The quantitative estimate of drug-likeness (QED) is 0.879. The third-order valence-electron chi connectivity index (χ3n) is 2.98. The van der Waals surface area contributed by atoms with E-state index in [0.29, 0.717) is 6.04 Å². The lowest BCUT2D eigenvalue weighted by Crippen LogP contribution is -2.40. The average Bonchev–Trinajstić information content (AvgIpc) is 2.58. The van der Waals surface area contributed by atoms with Crippen LogP contribution in [0.25, 0.3) is 0 Å². The van der Waals surface area contributed by atoms with Crippen molar-refractivity contribution in [2.24, 2.45) is 0 Å². The van der Waals surface area contributed by atoms with Crippen LogP contribution in [-0.2, 0) is 6.54 Å². The van der Waals surface area contributed by atoms with Gasteiger partial charge in [0.25, 0.3) is 0 Å². The molecule has 2 heterocycles. The molecule has 1 fully saturated rings. The van der Waals surface area contributed by atoms with Crippen LogP contribution >= 0.6 is 43.2 Å². The highest BCUT2D eigenvalue weighted by atomic mass is 79.9. The minimum atomic E-state index is 0.691. The van der Waals surface area contributed by atoms with Crippen LogP contribution in [0.5, 0.6) is 0 Å². The molecule has 1 aliphatic rings. The monoisotopic (exact) mass is 366 g/mol. The Kier molecular flexibility index (Phi) is 4.85. The van der Waals surface area contributed by atoms with E-state index in [9.17, 15) is 0 Å². The first kappa shape index (κ1) is 13.0. The van der Waals surface area contributed by atoms with Gasteiger partial charge < -0.3 is 10.2 Å². The summed E-state index contributed by atoms with van der Waals surface area (Å²) in [6.07, 6.45) is 2.54. The first-order valence-electron chi connectivity index (χ1n) is 5.51. The fourth-order valence-electron chi connectivity index (χ4n) is 1.94. The van der Waals surface area contributed by atoms with Crippen LogP contribution in [-0.4, -0.2) is 31.1 Å². The molecule has 90 valence electrons. The highest BCUT2D eigenvalue weighted by Crippen LogP contribution is 2.32. The molecule has 0 amide bonds. The molecule has 1 aromatic heterocycles. The Balaban J connectivity index is 1.79. The Morgan fingerprint density at radius 3 is 2.69 bits per heavy atom. The van der Waals surface area contributed by atoms with Gasteiger partial charge in [-0.05, 0) is 70.9 Å². The molecular weight excluding hydrogens is 352 g/mol. The summed E-state index contributed by atoms with van der Waals surface area (Å²) in [5, 5.41) is 3.64. The summed E-state index contributed by atoms with van der Waals surface area (Å²) < 4.78 is 2.35. The van der Waals surface area contributed by atoms with Crippen molar-refractivity contribution in [3.63, 3.8) is 0 Å². The number of likely N-dealkylation sites (tertiary alicyclic amines) is 1. The minimum Gasteiger partial charge on any atom is -0.309 e. The molecule has 0 radical (unpaired) electrons. The van der Waals surface area contributed by atoms with Gasteiger partial charge in [-0.15, -0.1) is 11.3 Å². The van der Waals surface area contributed by atoms with Gasteiger partial charge in [-0.3, -0.25) is 0 Å². The van der Waals surface area contributed by atoms with Gasteiger partial charge in [-0.25, -0.2) is 0 Å². The SMILES string of the molecule is CN1CCC(NCc2cc(Br)c(Br)s2)CC1. The number of nitrogens with one attached hydrogen (secondary N) is 1. The molecule has 0 unspecified atom stereocenters. The lowest BCUT2D eigenvalue weighted by Gasteiger charge is -2.29. The fraction of sp³-hybridized carbons (Fsp3) is 0.636.